The highest BCUT2D eigenvalue weighted by Gasteiger charge is 2.35. The molecule has 2 aromatic carbocycles. The third kappa shape index (κ3) is 4.15. The number of carbonyl (C=O) groups excluding carboxylic acids is 1. The fourth-order valence-corrected chi connectivity index (χ4v) is 3.20. The molecule has 1 heterocycles. The van der Waals surface area contributed by atoms with Gasteiger partial charge in [-0.1, -0.05) is 25.1 Å². The molecule has 0 unspecified atom stereocenters. The van der Waals surface area contributed by atoms with Crippen LogP contribution in [0, 0.1) is 5.82 Å². The molecule has 0 saturated heterocycles. The summed E-state index contributed by atoms with van der Waals surface area (Å²) in [5, 5.41) is 3.10. The van der Waals surface area contributed by atoms with Gasteiger partial charge in [0.2, 0.25) is 0 Å². The van der Waals surface area contributed by atoms with E-state index in [1.54, 1.807) is 0 Å². The van der Waals surface area contributed by atoms with Gasteiger partial charge >= 0.3 is 0 Å². The molecule has 26 heavy (non-hydrogen) atoms. The summed E-state index contributed by atoms with van der Waals surface area (Å²) in [7, 11) is 0. The Bertz CT molecular complexity index is 773. The number of carbonyl (C=O) groups is 1. The molecule has 4 nitrogen and oxygen atoms in total. The van der Waals surface area contributed by atoms with Crippen LogP contribution >= 0.6 is 0 Å². The SMILES string of the molecule is CC[C@H](Oc1ccc(F)cc1)C(=O)N[C@H]1CC(C)(C)Oc2ccccc21. The first-order valence-corrected chi connectivity index (χ1v) is 8.88. The minimum absolute atomic E-state index is 0.145. The Balaban J connectivity index is 1.74. The van der Waals surface area contributed by atoms with Gasteiger partial charge < -0.3 is 14.8 Å². The number of amides is 1. The Morgan fingerprint density at radius 2 is 1.96 bits per heavy atom. The van der Waals surface area contributed by atoms with Crippen molar-refractivity contribution in [3.05, 3.63) is 59.9 Å². The second-order valence-corrected chi connectivity index (χ2v) is 7.13. The molecule has 1 amide bonds. The van der Waals surface area contributed by atoms with Gasteiger partial charge in [-0.05, 0) is 50.6 Å². The van der Waals surface area contributed by atoms with Crippen molar-refractivity contribution in [3.8, 4) is 11.5 Å². The van der Waals surface area contributed by atoms with Crippen LogP contribution < -0.4 is 14.8 Å². The summed E-state index contributed by atoms with van der Waals surface area (Å²) in [6, 6.07) is 13.3. The summed E-state index contributed by atoms with van der Waals surface area (Å²) in [6.45, 7) is 5.90. The number of halogens is 1. The second-order valence-electron chi connectivity index (χ2n) is 7.13. The Kier molecular flexibility index (Phi) is 5.16. The Hall–Kier alpha value is -2.56. The van der Waals surface area contributed by atoms with E-state index in [-0.39, 0.29) is 23.4 Å². The molecule has 0 aliphatic carbocycles. The van der Waals surface area contributed by atoms with Gasteiger partial charge in [-0.2, -0.15) is 0 Å². The molecule has 2 atom stereocenters. The van der Waals surface area contributed by atoms with Gasteiger partial charge in [0.1, 0.15) is 22.9 Å². The smallest absolute Gasteiger partial charge is 0.261 e. The Labute approximate surface area is 153 Å². The molecule has 1 aliphatic rings. The molecule has 1 aliphatic heterocycles. The summed E-state index contributed by atoms with van der Waals surface area (Å²) in [6.07, 6.45) is 0.541. The fraction of sp³-hybridized carbons (Fsp3) is 0.381. The highest BCUT2D eigenvalue weighted by molar-refractivity contribution is 5.81. The molecule has 0 fully saturated rings. The van der Waals surface area contributed by atoms with E-state index in [0.29, 0.717) is 18.6 Å². The van der Waals surface area contributed by atoms with Crippen molar-refractivity contribution in [2.75, 3.05) is 0 Å². The first-order chi connectivity index (χ1) is 12.4. The molecule has 3 rings (SSSR count). The Morgan fingerprint density at radius 3 is 2.65 bits per heavy atom. The number of hydrogen-bond acceptors (Lipinski definition) is 3. The average molecular weight is 357 g/mol. The molecule has 5 heteroatoms. The lowest BCUT2D eigenvalue weighted by molar-refractivity contribution is -0.129. The van der Waals surface area contributed by atoms with Crippen molar-refractivity contribution in [1.82, 2.24) is 5.32 Å². The zero-order valence-corrected chi connectivity index (χ0v) is 15.3. The van der Waals surface area contributed by atoms with Crippen LogP contribution in [0.2, 0.25) is 0 Å². The molecular weight excluding hydrogens is 333 g/mol. The summed E-state index contributed by atoms with van der Waals surface area (Å²) in [5.41, 5.74) is 0.600. The number of nitrogens with one attached hydrogen (secondary N) is 1. The van der Waals surface area contributed by atoms with E-state index in [0.717, 1.165) is 11.3 Å². The first-order valence-electron chi connectivity index (χ1n) is 8.88. The molecule has 0 spiro atoms. The van der Waals surface area contributed by atoms with Crippen molar-refractivity contribution in [1.29, 1.82) is 0 Å². The van der Waals surface area contributed by atoms with E-state index in [1.807, 2.05) is 45.0 Å². The summed E-state index contributed by atoms with van der Waals surface area (Å²) in [5.74, 6) is 0.743. The van der Waals surface area contributed by atoms with E-state index in [9.17, 15) is 9.18 Å². The summed E-state index contributed by atoms with van der Waals surface area (Å²) < 4.78 is 24.8. The minimum Gasteiger partial charge on any atom is -0.487 e. The van der Waals surface area contributed by atoms with E-state index >= 15 is 0 Å². The van der Waals surface area contributed by atoms with Crippen LogP contribution in [0.25, 0.3) is 0 Å². The average Bonchev–Trinajstić information content (AvgIpc) is 2.60. The molecule has 0 bridgehead atoms. The number of ether oxygens (including phenoxy) is 2. The van der Waals surface area contributed by atoms with Gasteiger partial charge in [0.25, 0.3) is 5.91 Å². The zero-order valence-electron chi connectivity index (χ0n) is 15.3. The van der Waals surface area contributed by atoms with Gasteiger partial charge in [0, 0.05) is 12.0 Å². The maximum absolute atomic E-state index is 13.0. The van der Waals surface area contributed by atoms with E-state index in [4.69, 9.17) is 9.47 Å². The molecule has 2 aromatic rings. The zero-order chi connectivity index (χ0) is 18.7. The van der Waals surface area contributed by atoms with Gasteiger partial charge in [0.05, 0.1) is 6.04 Å². The first kappa shape index (κ1) is 18.2. The van der Waals surface area contributed by atoms with Gasteiger partial charge in [0.15, 0.2) is 6.10 Å². The van der Waals surface area contributed by atoms with Gasteiger partial charge in [-0.15, -0.1) is 0 Å². The van der Waals surface area contributed by atoms with E-state index in [1.165, 1.54) is 24.3 Å². The lowest BCUT2D eigenvalue weighted by Gasteiger charge is -2.38. The molecule has 138 valence electrons. The fourth-order valence-electron chi connectivity index (χ4n) is 3.20. The number of rotatable bonds is 5. The topological polar surface area (TPSA) is 47.6 Å². The number of hydrogen-bond donors (Lipinski definition) is 1. The molecule has 0 radical (unpaired) electrons. The van der Waals surface area contributed by atoms with Crippen molar-refractivity contribution < 1.29 is 18.7 Å². The number of para-hydroxylation sites is 1. The largest absolute Gasteiger partial charge is 0.487 e. The van der Waals surface area contributed by atoms with Crippen molar-refractivity contribution >= 4 is 5.91 Å². The van der Waals surface area contributed by atoms with Crippen LogP contribution in [0.3, 0.4) is 0 Å². The second kappa shape index (κ2) is 7.36. The standard InChI is InChI=1S/C21H24FNO3/c1-4-18(25-15-11-9-14(22)10-12-15)20(24)23-17-13-21(2,3)26-19-8-6-5-7-16(17)19/h5-12,17-18H,4,13H2,1-3H3,(H,23,24)/t17-,18-/m0/s1. The highest BCUT2D eigenvalue weighted by atomic mass is 19.1. The third-order valence-corrected chi connectivity index (χ3v) is 4.45. The lowest BCUT2D eigenvalue weighted by atomic mass is 9.89. The Morgan fingerprint density at radius 1 is 1.27 bits per heavy atom. The van der Waals surface area contributed by atoms with Crippen LogP contribution in [0.4, 0.5) is 4.39 Å². The van der Waals surface area contributed by atoms with Crippen molar-refractivity contribution in [3.63, 3.8) is 0 Å². The maximum Gasteiger partial charge on any atom is 0.261 e. The molecule has 1 N–H and O–H groups in total. The van der Waals surface area contributed by atoms with Gasteiger partial charge in [-0.3, -0.25) is 4.79 Å². The molecule has 0 saturated carbocycles. The third-order valence-electron chi connectivity index (χ3n) is 4.45. The van der Waals surface area contributed by atoms with Crippen LogP contribution in [-0.4, -0.2) is 17.6 Å². The predicted molar refractivity (Wildman–Crippen MR) is 97.8 cm³/mol. The predicted octanol–water partition coefficient (Wildman–Crippen LogP) is 4.40. The minimum atomic E-state index is -0.640. The quantitative estimate of drug-likeness (QED) is 0.863. The van der Waals surface area contributed by atoms with E-state index < -0.39 is 6.10 Å². The molecule has 0 aromatic heterocycles. The van der Waals surface area contributed by atoms with Crippen LogP contribution in [0.1, 0.15) is 45.2 Å². The number of benzene rings is 2. The highest BCUT2D eigenvalue weighted by Crippen LogP contribution is 2.39. The number of fused-ring (bicyclic) bond motifs is 1. The molecular formula is C21H24FNO3. The van der Waals surface area contributed by atoms with Crippen molar-refractivity contribution in [2.45, 2.75) is 51.4 Å². The van der Waals surface area contributed by atoms with Crippen LogP contribution in [0.5, 0.6) is 11.5 Å². The summed E-state index contributed by atoms with van der Waals surface area (Å²) in [4.78, 5) is 12.8. The van der Waals surface area contributed by atoms with Crippen molar-refractivity contribution in [2.24, 2.45) is 0 Å². The van der Waals surface area contributed by atoms with E-state index in [2.05, 4.69) is 5.32 Å². The normalized spacial score (nSPS) is 19.0. The maximum atomic E-state index is 13.0. The van der Waals surface area contributed by atoms with Gasteiger partial charge in [-0.25, -0.2) is 4.39 Å². The van der Waals surface area contributed by atoms with Crippen LogP contribution in [-0.2, 0) is 4.79 Å². The monoisotopic (exact) mass is 357 g/mol. The van der Waals surface area contributed by atoms with Crippen LogP contribution in [0.15, 0.2) is 48.5 Å². The lowest BCUT2D eigenvalue weighted by Crippen LogP contribution is -2.45. The summed E-state index contributed by atoms with van der Waals surface area (Å²) >= 11 is 0.